The highest BCUT2D eigenvalue weighted by Gasteiger charge is 2.56. The molecule has 0 bridgehead atoms. The zero-order chi connectivity index (χ0) is 39.9. The Balaban J connectivity index is 1.30. The van der Waals surface area contributed by atoms with E-state index in [9.17, 15) is 19.0 Å². The molecular weight excluding hydrogens is 777 g/mol. The van der Waals surface area contributed by atoms with Crippen molar-refractivity contribution in [3.63, 3.8) is 0 Å². The molecule has 0 radical (unpaired) electrons. The Morgan fingerprint density at radius 3 is 1.33 bits per heavy atom. The molecule has 0 saturated heterocycles. The number of phenols is 2. The van der Waals surface area contributed by atoms with E-state index in [1.807, 2.05) is 48.5 Å². The van der Waals surface area contributed by atoms with Crippen LogP contribution in [-0.2, 0) is 23.9 Å². The van der Waals surface area contributed by atoms with E-state index in [4.69, 9.17) is 23.2 Å². The van der Waals surface area contributed by atoms with E-state index in [0.29, 0.717) is 46.5 Å². The highest BCUT2D eigenvalue weighted by molar-refractivity contribution is 6.32. The fraction of sp³-hybridized carbons (Fsp3) is 0.128. The quantitative estimate of drug-likeness (QED) is 0.143. The maximum absolute atomic E-state index is 16.5. The number of rotatable bonds is 4. The van der Waals surface area contributed by atoms with Crippen LogP contribution in [0.2, 0.25) is 10.0 Å². The molecule has 2 amide bonds. The molecule has 4 heterocycles. The summed E-state index contributed by atoms with van der Waals surface area (Å²) in [6.45, 7) is 0.435. The fourth-order valence-electron chi connectivity index (χ4n) is 9.59. The number of fused-ring (bicyclic) bond motifs is 6. The second-order valence-electron chi connectivity index (χ2n) is 14.9. The van der Waals surface area contributed by atoms with Gasteiger partial charge in [0, 0.05) is 34.9 Å². The highest BCUT2D eigenvalue weighted by atomic mass is 35.5. The van der Waals surface area contributed by atoms with E-state index >= 15 is 4.79 Å². The lowest BCUT2D eigenvalue weighted by atomic mass is 9.72. The summed E-state index contributed by atoms with van der Waals surface area (Å²) in [6, 6.07) is 37.5. The molecule has 11 heteroatoms. The van der Waals surface area contributed by atoms with Gasteiger partial charge in [-0.05, 0) is 107 Å². The van der Waals surface area contributed by atoms with Gasteiger partial charge in [0.2, 0.25) is 0 Å². The Bertz CT molecular complexity index is 2730. The first kappa shape index (κ1) is 36.1. The first-order chi connectivity index (χ1) is 28.1. The van der Waals surface area contributed by atoms with Crippen molar-refractivity contribution in [2.45, 2.75) is 23.9 Å². The lowest BCUT2D eigenvalue weighted by Gasteiger charge is -2.54. The predicted octanol–water partition coefficient (Wildman–Crippen LogP) is 10.8. The minimum atomic E-state index is -1.45. The zero-order valence-corrected chi connectivity index (χ0v) is 32.3. The van der Waals surface area contributed by atoms with Crippen LogP contribution in [0.5, 0.6) is 11.5 Å². The minimum Gasteiger partial charge on any atom is -0.506 e. The number of H-pyrrole nitrogens is 2. The first-order valence-corrected chi connectivity index (χ1v) is 19.7. The number of aromatic hydroxyl groups is 2. The second kappa shape index (κ2) is 13.4. The molecule has 0 saturated carbocycles. The lowest BCUT2D eigenvalue weighted by Crippen LogP contribution is -2.64. The fourth-order valence-corrected chi connectivity index (χ4v) is 9.95. The third kappa shape index (κ3) is 5.12. The van der Waals surface area contributed by atoms with Gasteiger partial charge in [-0.3, -0.25) is 0 Å². The molecule has 7 nitrogen and oxygen atoms in total. The number of hydrogen-bond acceptors (Lipinski definition) is 3. The van der Waals surface area contributed by atoms with Gasteiger partial charge >= 0.3 is 6.03 Å². The standard InChI is InChI=1S/C47H34Cl2F2N4O3/c48-37-25-29(13-19-41(37)56)46(27-9-15-31(50)16-10-27)43-35(33-5-1-3-7-39(33)52-43)21-23-54(46)45(58)55-24-22-36-34-6-2-4-8-40(34)53-44(36)47(55,28-11-17-32(51)18-12-28)30-14-20-42(57)38(49)26-30/h1-20,25-26,52-53,56-57H,21-24H2. The molecule has 10 rings (SSSR count). The minimum absolute atomic E-state index is 0.0784. The van der Waals surface area contributed by atoms with Crippen molar-refractivity contribution < 1.29 is 23.8 Å². The van der Waals surface area contributed by atoms with E-state index in [1.165, 1.54) is 36.4 Å². The molecule has 0 aliphatic carbocycles. The number of hydrogen-bond donors (Lipinski definition) is 4. The summed E-state index contributed by atoms with van der Waals surface area (Å²) in [5, 5.41) is 23.6. The Kier molecular flexibility index (Phi) is 8.33. The molecule has 0 fully saturated rings. The molecule has 2 atom stereocenters. The number of nitrogens with one attached hydrogen (secondary N) is 2. The van der Waals surface area contributed by atoms with Crippen molar-refractivity contribution in [2.75, 3.05) is 13.1 Å². The van der Waals surface area contributed by atoms with Crippen LogP contribution in [-0.4, -0.2) is 49.1 Å². The van der Waals surface area contributed by atoms with Crippen molar-refractivity contribution in [3.8, 4) is 11.5 Å². The topological polar surface area (TPSA) is 95.6 Å². The molecule has 4 N–H and O–H groups in total. The van der Waals surface area contributed by atoms with Crippen molar-refractivity contribution in [1.29, 1.82) is 0 Å². The third-order valence-electron chi connectivity index (χ3n) is 12.0. The summed E-state index contributed by atoms with van der Waals surface area (Å²) in [5.41, 5.74) is 4.48. The van der Waals surface area contributed by atoms with Crippen LogP contribution in [0, 0.1) is 11.6 Å². The number of aromatic amines is 2. The van der Waals surface area contributed by atoms with Gasteiger partial charge in [-0.1, -0.05) is 96.0 Å². The average Bonchev–Trinajstić information content (AvgIpc) is 3.82. The first-order valence-electron chi connectivity index (χ1n) is 18.9. The molecule has 8 aromatic rings. The zero-order valence-electron chi connectivity index (χ0n) is 30.7. The number of nitrogens with zero attached hydrogens (tertiary/aromatic N) is 2. The van der Waals surface area contributed by atoms with E-state index in [2.05, 4.69) is 9.97 Å². The van der Waals surface area contributed by atoms with Gasteiger partial charge in [0.25, 0.3) is 0 Å². The normalized spacial score (nSPS) is 19.0. The maximum atomic E-state index is 16.5. The van der Waals surface area contributed by atoms with E-state index in [-0.39, 0.29) is 34.6 Å². The van der Waals surface area contributed by atoms with Crippen LogP contribution in [0.1, 0.15) is 44.8 Å². The van der Waals surface area contributed by atoms with Crippen LogP contribution in [0.4, 0.5) is 13.6 Å². The average molecular weight is 812 g/mol. The molecular formula is C47H34Cl2F2N4O3. The molecule has 58 heavy (non-hydrogen) atoms. The Morgan fingerprint density at radius 2 is 0.931 bits per heavy atom. The van der Waals surface area contributed by atoms with Gasteiger partial charge in [-0.2, -0.15) is 0 Å². The number of urea groups is 1. The summed E-state index contributed by atoms with van der Waals surface area (Å²) in [5.74, 6) is -1.16. The molecule has 288 valence electrons. The SMILES string of the molecule is O=C(N1CCc2c([nH]c3ccccc23)C1(c1ccc(F)cc1)c1ccc(O)c(Cl)c1)N1CCc2c([nH]c3ccccc23)C1(c1ccc(F)cc1)c1ccc(O)c(Cl)c1. The maximum Gasteiger partial charge on any atom is 0.322 e. The molecule has 2 aromatic heterocycles. The summed E-state index contributed by atoms with van der Waals surface area (Å²) >= 11 is 13.5. The van der Waals surface area contributed by atoms with Crippen LogP contribution < -0.4 is 0 Å². The molecule has 0 spiro atoms. The van der Waals surface area contributed by atoms with Crippen molar-refractivity contribution in [1.82, 2.24) is 19.8 Å². The predicted molar refractivity (Wildman–Crippen MR) is 222 cm³/mol. The summed E-state index contributed by atoms with van der Waals surface area (Å²) < 4.78 is 29.8. The van der Waals surface area contributed by atoms with Gasteiger partial charge in [0.05, 0.1) is 21.4 Å². The Labute approximate surface area is 341 Å². The molecule has 2 aliphatic heterocycles. The van der Waals surface area contributed by atoms with Crippen molar-refractivity contribution >= 4 is 51.0 Å². The summed E-state index contributed by atoms with van der Waals surface area (Å²) in [4.78, 5) is 27.4. The van der Waals surface area contributed by atoms with E-state index in [1.54, 1.807) is 58.3 Å². The van der Waals surface area contributed by atoms with Gasteiger partial charge in [0.1, 0.15) is 34.2 Å². The van der Waals surface area contributed by atoms with E-state index < -0.39 is 28.7 Å². The molecule has 2 unspecified atom stereocenters. The van der Waals surface area contributed by atoms with Crippen LogP contribution in [0.3, 0.4) is 0 Å². The number of benzene rings is 6. The number of carbonyl (C=O) groups is 1. The monoisotopic (exact) mass is 810 g/mol. The molecule has 6 aromatic carbocycles. The lowest BCUT2D eigenvalue weighted by molar-refractivity contribution is 0.0799. The van der Waals surface area contributed by atoms with Gasteiger partial charge in [-0.25, -0.2) is 13.6 Å². The van der Waals surface area contributed by atoms with Crippen LogP contribution >= 0.6 is 23.2 Å². The van der Waals surface area contributed by atoms with Crippen LogP contribution in [0.15, 0.2) is 133 Å². The summed E-state index contributed by atoms with van der Waals surface area (Å²) in [7, 11) is 0. The van der Waals surface area contributed by atoms with Gasteiger partial charge in [-0.15, -0.1) is 0 Å². The van der Waals surface area contributed by atoms with E-state index in [0.717, 1.165) is 32.9 Å². The smallest absolute Gasteiger partial charge is 0.322 e. The Morgan fingerprint density at radius 1 is 0.552 bits per heavy atom. The largest absolute Gasteiger partial charge is 0.506 e. The number of aromatic nitrogens is 2. The third-order valence-corrected chi connectivity index (χ3v) is 12.7. The number of para-hydroxylation sites is 2. The number of halogens is 4. The second-order valence-corrected chi connectivity index (χ2v) is 15.7. The highest BCUT2D eigenvalue weighted by Crippen LogP contribution is 2.53. The number of carbonyl (C=O) groups excluding carboxylic acids is 1. The Hall–Kier alpha value is -6.29. The molecule has 2 aliphatic rings. The number of amides is 2. The summed E-state index contributed by atoms with van der Waals surface area (Å²) in [6.07, 6.45) is 0.944. The van der Waals surface area contributed by atoms with Gasteiger partial charge in [0.15, 0.2) is 0 Å². The number of phenolic OH excluding ortho intramolecular Hbond substituents is 2. The van der Waals surface area contributed by atoms with Gasteiger partial charge < -0.3 is 30.0 Å². The van der Waals surface area contributed by atoms with Crippen LogP contribution in [0.25, 0.3) is 21.8 Å². The van der Waals surface area contributed by atoms with Crippen molar-refractivity contribution in [3.05, 3.63) is 200 Å². The van der Waals surface area contributed by atoms with Crippen molar-refractivity contribution in [2.24, 2.45) is 0 Å².